The standard InChI is InChI=1S/C20H35N5O2/c1-17(2)25-14-9-21-18(25)15-23-10-6-7-20(27,8-13-23)16-22-19(26)24-11-4-3-5-12-24/h9,14,17,27H,3-8,10-13,15-16H2,1-2H3,(H,22,26). The van der Waals surface area contributed by atoms with Crippen LogP contribution < -0.4 is 5.32 Å². The molecule has 1 aromatic heterocycles. The summed E-state index contributed by atoms with van der Waals surface area (Å²) in [5.74, 6) is 1.08. The van der Waals surface area contributed by atoms with Crippen LogP contribution in [-0.4, -0.2) is 68.8 Å². The summed E-state index contributed by atoms with van der Waals surface area (Å²) in [6, 6.07) is 0.375. The maximum Gasteiger partial charge on any atom is 0.317 e. The minimum atomic E-state index is -0.812. The lowest BCUT2D eigenvalue weighted by atomic mass is 9.95. The van der Waals surface area contributed by atoms with Crippen molar-refractivity contribution in [1.82, 2.24) is 24.7 Å². The van der Waals surface area contributed by atoms with Gasteiger partial charge in [-0.05, 0) is 58.9 Å². The number of rotatable bonds is 5. The maximum absolute atomic E-state index is 12.3. The highest BCUT2D eigenvalue weighted by molar-refractivity contribution is 5.74. The fourth-order valence-corrected chi connectivity index (χ4v) is 4.16. The predicted octanol–water partition coefficient (Wildman–Crippen LogP) is 2.38. The Morgan fingerprint density at radius 3 is 2.70 bits per heavy atom. The number of amides is 2. The highest BCUT2D eigenvalue weighted by atomic mass is 16.3. The van der Waals surface area contributed by atoms with Crippen LogP contribution in [0.3, 0.4) is 0 Å². The van der Waals surface area contributed by atoms with Crippen molar-refractivity contribution < 1.29 is 9.90 Å². The van der Waals surface area contributed by atoms with E-state index in [0.717, 1.165) is 64.2 Å². The number of piperidine rings is 1. The summed E-state index contributed by atoms with van der Waals surface area (Å²) in [4.78, 5) is 21.1. The molecule has 152 valence electrons. The molecule has 3 rings (SSSR count). The Labute approximate surface area is 162 Å². The Hall–Kier alpha value is -1.60. The number of aromatic nitrogens is 2. The van der Waals surface area contributed by atoms with Crippen LogP contribution in [0.4, 0.5) is 4.79 Å². The average molecular weight is 378 g/mol. The topological polar surface area (TPSA) is 73.6 Å². The van der Waals surface area contributed by atoms with Gasteiger partial charge in [0.15, 0.2) is 0 Å². The van der Waals surface area contributed by atoms with E-state index in [4.69, 9.17) is 0 Å². The van der Waals surface area contributed by atoms with Crippen molar-refractivity contribution in [3.8, 4) is 0 Å². The second-order valence-electron chi connectivity index (χ2n) is 8.40. The van der Waals surface area contributed by atoms with E-state index in [9.17, 15) is 9.90 Å². The van der Waals surface area contributed by atoms with Crippen LogP contribution in [0.5, 0.6) is 0 Å². The molecule has 2 N–H and O–H groups in total. The third kappa shape index (κ3) is 5.45. The Balaban J connectivity index is 1.49. The Morgan fingerprint density at radius 1 is 1.19 bits per heavy atom. The van der Waals surface area contributed by atoms with E-state index < -0.39 is 5.60 Å². The van der Waals surface area contributed by atoms with E-state index in [1.807, 2.05) is 17.3 Å². The molecule has 2 aliphatic rings. The van der Waals surface area contributed by atoms with E-state index in [1.54, 1.807) is 0 Å². The van der Waals surface area contributed by atoms with Gasteiger partial charge in [0.2, 0.25) is 0 Å². The number of hydrogen-bond donors (Lipinski definition) is 2. The highest BCUT2D eigenvalue weighted by Crippen LogP contribution is 2.23. The van der Waals surface area contributed by atoms with Gasteiger partial charge in [-0.2, -0.15) is 0 Å². The van der Waals surface area contributed by atoms with Crippen molar-refractivity contribution in [3.63, 3.8) is 0 Å². The molecule has 7 heteroatoms. The van der Waals surface area contributed by atoms with E-state index in [0.29, 0.717) is 19.0 Å². The number of nitrogens with zero attached hydrogens (tertiary/aromatic N) is 4. The lowest BCUT2D eigenvalue weighted by Gasteiger charge is -2.31. The van der Waals surface area contributed by atoms with Gasteiger partial charge in [-0.1, -0.05) is 0 Å². The van der Waals surface area contributed by atoms with Crippen LogP contribution in [0.25, 0.3) is 0 Å². The number of aliphatic hydroxyl groups is 1. The number of imidazole rings is 1. The number of urea groups is 1. The fraction of sp³-hybridized carbons (Fsp3) is 0.800. The fourth-order valence-electron chi connectivity index (χ4n) is 4.16. The van der Waals surface area contributed by atoms with Gasteiger partial charge < -0.3 is 19.9 Å². The van der Waals surface area contributed by atoms with Crippen LogP contribution in [0, 0.1) is 0 Å². The number of likely N-dealkylation sites (tertiary alicyclic amines) is 2. The molecule has 0 bridgehead atoms. The summed E-state index contributed by atoms with van der Waals surface area (Å²) in [6.07, 6.45) is 9.59. The first kappa shape index (κ1) is 20.1. The average Bonchev–Trinajstić information content (AvgIpc) is 3.05. The Morgan fingerprint density at radius 2 is 1.96 bits per heavy atom. The Bertz CT molecular complexity index is 611. The van der Waals surface area contributed by atoms with Crippen LogP contribution in [0.2, 0.25) is 0 Å². The molecule has 1 aromatic rings. The molecule has 1 unspecified atom stereocenters. The molecule has 0 aliphatic carbocycles. The maximum atomic E-state index is 12.3. The van der Waals surface area contributed by atoms with Gasteiger partial charge in [0, 0.05) is 44.6 Å². The third-order valence-corrected chi connectivity index (χ3v) is 5.89. The molecule has 0 spiro atoms. The summed E-state index contributed by atoms with van der Waals surface area (Å²) in [6.45, 7) is 8.92. The van der Waals surface area contributed by atoms with Crippen LogP contribution >= 0.6 is 0 Å². The summed E-state index contributed by atoms with van der Waals surface area (Å²) < 4.78 is 2.20. The molecule has 2 amide bonds. The minimum Gasteiger partial charge on any atom is -0.388 e. The van der Waals surface area contributed by atoms with Gasteiger partial charge in [0.1, 0.15) is 5.82 Å². The van der Waals surface area contributed by atoms with Crippen molar-refractivity contribution >= 4 is 6.03 Å². The molecular weight excluding hydrogens is 342 g/mol. The van der Waals surface area contributed by atoms with Gasteiger partial charge in [-0.3, -0.25) is 4.90 Å². The van der Waals surface area contributed by atoms with Gasteiger partial charge in [0.25, 0.3) is 0 Å². The molecule has 3 heterocycles. The van der Waals surface area contributed by atoms with E-state index in [2.05, 4.69) is 33.6 Å². The second kappa shape index (κ2) is 9.06. The molecule has 27 heavy (non-hydrogen) atoms. The van der Waals surface area contributed by atoms with Gasteiger partial charge in [-0.25, -0.2) is 9.78 Å². The number of carbonyl (C=O) groups excluding carboxylic acids is 1. The number of nitrogens with one attached hydrogen (secondary N) is 1. The summed E-state index contributed by atoms with van der Waals surface area (Å²) in [5, 5.41) is 14.0. The predicted molar refractivity (Wildman–Crippen MR) is 106 cm³/mol. The molecule has 0 aromatic carbocycles. The van der Waals surface area contributed by atoms with E-state index in [-0.39, 0.29) is 6.03 Å². The molecule has 0 saturated carbocycles. The highest BCUT2D eigenvalue weighted by Gasteiger charge is 2.31. The minimum absolute atomic E-state index is 0.0248. The van der Waals surface area contributed by atoms with Crippen molar-refractivity contribution in [1.29, 1.82) is 0 Å². The van der Waals surface area contributed by atoms with Crippen molar-refractivity contribution in [2.75, 3.05) is 32.7 Å². The second-order valence-corrected chi connectivity index (χ2v) is 8.40. The van der Waals surface area contributed by atoms with Crippen LogP contribution in [0.1, 0.15) is 64.2 Å². The number of carbonyl (C=O) groups is 1. The largest absolute Gasteiger partial charge is 0.388 e. The summed E-state index contributed by atoms with van der Waals surface area (Å²) in [5.41, 5.74) is -0.812. The third-order valence-electron chi connectivity index (χ3n) is 5.89. The van der Waals surface area contributed by atoms with Crippen LogP contribution in [0.15, 0.2) is 12.4 Å². The van der Waals surface area contributed by atoms with Crippen molar-refractivity contribution in [2.24, 2.45) is 0 Å². The molecule has 2 saturated heterocycles. The normalized spacial score (nSPS) is 24.8. The van der Waals surface area contributed by atoms with Crippen molar-refractivity contribution in [3.05, 3.63) is 18.2 Å². The molecular formula is C20H35N5O2. The first-order valence-corrected chi connectivity index (χ1v) is 10.5. The van der Waals surface area contributed by atoms with Gasteiger partial charge in [0.05, 0.1) is 12.1 Å². The monoisotopic (exact) mass is 377 g/mol. The Kier molecular flexibility index (Phi) is 6.76. The summed E-state index contributed by atoms with van der Waals surface area (Å²) >= 11 is 0. The van der Waals surface area contributed by atoms with Crippen LogP contribution in [-0.2, 0) is 6.54 Å². The molecule has 7 nitrogen and oxygen atoms in total. The molecule has 2 fully saturated rings. The zero-order valence-electron chi connectivity index (χ0n) is 16.9. The summed E-state index contributed by atoms with van der Waals surface area (Å²) in [7, 11) is 0. The SMILES string of the molecule is CC(C)n1ccnc1CN1CCCC(O)(CNC(=O)N2CCCCC2)CC1. The van der Waals surface area contributed by atoms with Gasteiger partial charge in [-0.15, -0.1) is 0 Å². The quantitative estimate of drug-likeness (QED) is 0.826. The molecule has 2 aliphatic heterocycles. The number of hydrogen-bond acceptors (Lipinski definition) is 4. The first-order valence-electron chi connectivity index (χ1n) is 10.5. The van der Waals surface area contributed by atoms with E-state index in [1.165, 1.54) is 6.42 Å². The zero-order chi connectivity index (χ0) is 19.3. The lowest BCUT2D eigenvalue weighted by Crippen LogP contribution is -2.49. The zero-order valence-corrected chi connectivity index (χ0v) is 16.9. The first-order chi connectivity index (χ1) is 13.0. The van der Waals surface area contributed by atoms with E-state index >= 15 is 0 Å². The smallest absolute Gasteiger partial charge is 0.317 e. The molecule has 0 radical (unpaired) electrons. The molecule has 1 atom stereocenters. The lowest BCUT2D eigenvalue weighted by molar-refractivity contribution is 0.0263. The van der Waals surface area contributed by atoms with Crippen molar-refractivity contribution in [2.45, 2.75) is 70.6 Å². The van der Waals surface area contributed by atoms with Gasteiger partial charge >= 0.3 is 6.03 Å².